The van der Waals surface area contributed by atoms with Gasteiger partial charge in [-0.1, -0.05) is 12.1 Å². The second kappa shape index (κ2) is 6.04. The van der Waals surface area contributed by atoms with Crippen LogP contribution in [0.5, 0.6) is 0 Å². The van der Waals surface area contributed by atoms with Crippen LogP contribution in [0.15, 0.2) is 36.4 Å². The molecule has 108 valence electrons. The molecule has 2 aromatic rings. The molecule has 0 fully saturated rings. The molecule has 0 radical (unpaired) electrons. The lowest BCUT2D eigenvalue weighted by atomic mass is 10.2. The number of carboxylic acids is 1. The SMILES string of the molecule is Cc1ccc(NC(=O)Nc2ccccc2C(=O)O)c(C)n1. The molecule has 6 heteroatoms. The molecule has 1 aromatic carbocycles. The number of urea groups is 1. The largest absolute Gasteiger partial charge is 0.478 e. The van der Waals surface area contributed by atoms with Crippen molar-refractivity contribution in [2.24, 2.45) is 0 Å². The summed E-state index contributed by atoms with van der Waals surface area (Å²) in [5.74, 6) is -1.10. The van der Waals surface area contributed by atoms with Crippen LogP contribution in [0.1, 0.15) is 21.7 Å². The van der Waals surface area contributed by atoms with E-state index >= 15 is 0 Å². The van der Waals surface area contributed by atoms with E-state index in [0.717, 1.165) is 5.69 Å². The van der Waals surface area contributed by atoms with Crippen molar-refractivity contribution in [1.82, 2.24) is 4.98 Å². The number of anilines is 2. The molecule has 0 atom stereocenters. The van der Waals surface area contributed by atoms with Crippen LogP contribution >= 0.6 is 0 Å². The van der Waals surface area contributed by atoms with Gasteiger partial charge in [-0.2, -0.15) is 0 Å². The van der Waals surface area contributed by atoms with E-state index in [1.165, 1.54) is 12.1 Å². The average Bonchev–Trinajstić information content (AvgIpc) is 2.42. The van der Waals surface area contributed by atoms with Crippen molar-refractivity contribution in [2.75, 3.05) is 10.6 Å². The zero-order valence-electron chi connectivity index (χ0n) is 11.7. The van der Waals surface area contributed by atoms with Gasteiger partial charge in [0, 0.05) is 5.69 Å². The van der Waals surface area contributed by atoms with Crippen LogP contribution < -0.4 is 10.6 Å². The summed E-state index contributed by atoms with van der Waals surface area (Å²) in [5.41, 5.74) is 2.39. The fraction of sp³-hybridized carbons (Fsp3) is 0.133. The van der Waals surface area contributed by atoms with Gasteiger partial charge in [-0.25, -0.2) is 9.59 Å². The first-order valence-corrected chi connectivity index (χ1v) is 6.32. The molecule has 0 saturated carbocycles. The van der Waals surface area contributed by atoms with Crippen LogP contribution in [0.2, 0.25) is 0 Å². The standard InChI is InChI=1S/C15H15N3O3/c1-9-7-8-12(10(2)16-9)17-15(21)18-13-6-4-3-5-11(13)14(19)20/h3-8H,1-2H3,(H,19,20)(H2,17,18,21). The quantitative estimate of drug-likeness (QED) is 0.808. The van der Waals surface area contributed by atoms with Gasteiger partial charge in [0.05, 0.1) is 22.6 Å². The van der Waals surface area contributed by atoms with Gasteiger partial charge in [-0.15, -0.1) is 0 Å². The van der Waals surface area contributed by atoms with Crippen LogP contribution in [0.4, 0.5) is 16.2 Å². The topological polar surface area (TPSA) is 91.3 Å². The number of nitrogens with zero attached hydrogens (tertiary/aromatic N) is 1. The minimum atomic E-state index is -1.10. The maximum atomic E-state index is 12.0. The second-order valence-corrected chi connectivity index (χ2v) is 4.52. The maximum Gasteiger partial charge on any atom is 0.337 e. The number of carbonyl (C=O) groups is 2. The lowest BCUT2D eigenvalue weighted by molar-refractivity contribution is 0.0698. The molecule has 0 spiro atoms. The number of hydrogen-bond acceptors (Lipinski definition) is 3. The van der Waals surface area contributed by atoms with Crippen molar-refractivity contribution in [3.63, 3.8) is 0 Å². The molecule has 0 saturated heterocycles. The summed E-state index contributed by atoms with van der Waals surface area (Å²) in [6.45, 7) is 3.65. The van der Waals surface area contributed by atoms with E-state index in [1.807, 2.05) is 6.92 Å². The van der Waals surface area contributed by atoms with Crippen LogP contribution in [-0.4, -0.2) is 22.1 Å². The highest BCUT2D eigenvalue weighted by atomic mass is 16.4. The first-order chi connectivity index (χ1) is 9.97. The number of benzene rings is 1. The summed E-state index contributed by atoms with van der Waals surface area (Å²) < 4.78 is 0. The number of carboxylic acid groups (broad SMARTS) is 1. The summed E-state index contributed by atoms with van der Waals surface area (Å²) in [4.78, 5) is 27.3. The number of aryl methyl sites for hydroxylation is 2. The Labute approximate surface area is 121 Å². The summed E-state index contributed by atoms with van der Waals surface area (Å²) in [7, 11) is 0. The normalized spacial score (nSPS) is 10.0. The highest BCUT2D eigenvalue weighted by molar-refractivity contribution is 6.04. The van der Waals surface area contributed by atoms with E-state index in [0.29, 0.717) is 11.4 Å². The van der Waals surface area contributed by atoms with Gasteiger partial charge in [-0.3, -0.25) is 4.98 Å². The van der Waals surface area contributed by atoms with Crippen LogP contribution in [0.3, 0.4) is 0 Å². The monoisotopic (exact) mass is 285 g/mol. The average molecular weight is 285 g/mol. The molecule has 1 aromatic heterocycles. The Hall–Kier alpha value is -2.89. The summed E-state index contributed by atoms with van der Waals surface area (Å²) >= 11 is 0. The van der Waals surface area contributed by atoms with E-state index in [9.17, 15) is 9.59 Å². The molecular weight excluding hydrogens is 270 g/mol. The van der Waals surface area contributed by atoms with E-state index in [1.54, 1.807) is 31.2 Å². The molecule has 21 heavy (non-hydrogen) atoms. The lowest BCUT2D eigenvalue weighted by Gasteiger charge is -2.11. The predicted octanol–water partition coefficient (Wildman–Crippen LogP) is 3.04. The molecule has 0 bridgehead atoms. The molecule has 0 aliphatic carbocycles. The van der Waals surface area contributed by atoms with Crippen LogP contribution in [0, 0.1) is 13.8 Å². The second-order valence-electron chi connectivity index (χ2n) is 4.52. The Morgan fingerprint density at radius 2 is 1.67 bits per heavy atom. The highest BCUT2D eigenvalue weighted by Crippen LogP contribution is 2.17. The van der Waals surface area contributed by atoms with Gasteiger partial charge >= 0.3 is 12.0 Å². The highest BCUT2D eigenvalue weighted by Gasteiger charge is 2.12. The number of nitrogens with one attached hydrogen (secondary N) is 2. The Morgan fingerprint density at radius 1 is 1.00 bits per heavy atom. The number of rotatable bonds is 3. The number of para-hydroxylation sites is 1. The maximum absolute atomic E-state index is 12.0. The van der Waals surface area contributed by atoms with Gasteiger partial charge in [0.25, 0.3) is 0 Å². The van der Waals surface area contributed by atoms with Crippen LogP contribution in [-0.2, 0) is 0 Å². The van der Waals surface area contributed by atoms with Gasteiger partial charge < -0.3 is 15.7 Å². The Kier molecular flexibility index (Phi) is 4.18. The number of amides is 2. The zero-order chi connectivity index (χ0) is 15.4. The molecule has 0 aliphatic rings. The van der Waals surface area contributed by atoms with Gasteiger partial charge in [0.15, 0.2) is 0 Å². The zero-order valence-corrected chi connectivity index (χ0v) is 11.7. The number of aromatic nitrogens is 1. The lowest BCUT2D eigenvalue weighted by Crippen LogP contribution is -2.21. The van der Waals surface area contributed by atoms with Crippen molar-refractivity contribution in [3.8, 4) is 0 Å². The van der Waals surface area contributed by atoms with Crippen molar-refractivity contribution in [2.45, 2.75) is 13.8 Å². The van der Waals surface area contributed by atoms with Crippen molar-refractivity contribution in [3.05, 3.63) is 53.3 Å². The first-order valence-electron chi connectivity index (χ1n) is 6.32. The third kappa shape index (κ3) is 3.56. The van der Waals surface area contributed by atoms with E-state index in [2.05, 4.69) is 15.6 Å². The first kappa shape index (κ1) is 14.5. The third-order valence-electron chi connectivity index (χ3n) is 2.88. The molecule has 0 unspecified atom stereocenters. The summed E-state index contributed by atoms with van der Waals surface area (Å²) in [6, 6.07) is 9.23. The molecule has 1 heterocycles. The Balaban J connectivity index is 2.14. The third-order valence-corrected chi connectivity index (χ3v) is 2.88. The molecule has 3 N–H and O–H groups in total. The molecule has 6 nitrogen and oxygen atoms in total. The minimum Gasteiger partial charge on any atom is -0.478 e. The van der Waals surface area contributed by atoms with Gasteiger partial charge in [0.2, 0.25) is 0 Å². The molecular formula is C15H15N3O3. The van der Waals surface area contributed by atoms with E-state index in [-0.39, 0.29) is 11.3 Å². The summed E-state index contributed by atoms with van der Waals surface area (Å²) in [5, 5.41) is 14.2. The molecule has 0 aliphatic heterocycles. The number of pyridine rings is 1. The van der Waals surface area contributed by atoms with Gasteiger partial charge in [0.1, 0.15) is 0 Å². The Morgan fingerprint density at radius 3 is 2.33 bits per heavy atom. The molecule has 2 amide bonds. The fourth-order valence-corrected chi connectivity index (χ4v) is 1.87. The van der Waals surface area contributed by atoms with Crippen molar-refractivity contribution in [1.29, 1.82) is 0 Å². The Bertz CT molecular complexity index is 698. The van der Waals surface area contributed by atoms with Crippen molar-refractivity contribution >= 4 is 23.4 Å². The number of aromatic carboxylic acids is 1. The van der Waals surface area contributed by atoms with E-state index in [4.69, 9.17) is 5.11 Å². The predicted molar refractivity (Wildman–Crippen MR) is 79.8 cm³/mol. The summed E-state index contributed by atoms with van der Waals surface area (Å²) in [6.07, 6.45) is 0. The molecule has 2 rings (SSSR count). The minimum absolute atomic E-state index is 0.0337. The van der Waals surface area contributed by atoms with Gasteiger partial charge in [-0.05, 0) is 38.1 Å². The van der Waals surface area contributed by atoms with Crippen LogP contribution in [0.25, 0.3) is 0 Å². The van der Waals surface area contributed by atoms with E-state index < -0.39 is 12.0 Å². The fourth-order valence-electron chi connectivity index (χ4n) is 1.87. The number of carbonyl (C=O) groups excluding carboxylic acids is 1. The smallest absolute Gasteiger partial charge is 0.337 e. The number of hydrogen-bond donors (Lipinski definition) is 3. The van der Waals surface area contributed by atoms with Crippen molar-refractivity contribution < 1.29 is 14.7 Å².